The number of hydrogen-bond acceptors (Lipinski definition) is 8. The van der Waals surface area contributed by atoms with Crippen molar-refractivity contribution in [1.29, 1.82) is 0 Å². The van der Waals surface area contributed by atoms with Crippen molar-refractivity contribution in [2.24, 2.45) is 0 Å². The molecule has 0 N–H and O–H groups in total. The number of fused-ring (bicyclic) bond motifs is 2. The van der Waals surface area contributed by atoms with E-state index in [2.05, 4.69) is 20.4 Å². The zero-order valence-electron chi connectivity index (χ0n) is 28.3. The Morgan fingerprint density at radius 2 is 1.12 bits per heavy atom. The zero-order chi connectivity index (χ0) is 34.9. The van der Waals surface area contributed by atoms with E-state index in [0.717, 1.165) is 45.9 Å². The first kappa shape index (κ1) is 34.3. The third kappa shape index (κ3) is 7.98. The summed E-state index contributed by atoms with van der Waals surface area (Å²) in [6.45, 7) is 8.44. The SMILES string of the molecule is C=COCOC(CCOc1ccc2cc(-c3ccccc3CC)c(=O)oc2c1)CCOc1ccc2cc(-c3ccccc3CC)c(=O)oc2c1. The molecule has 6 rings (SSSR count). The minimum Gasteiger partial charge on any atom is -0.493 e. The van der Waals surface area contributed by atoms with Gasteiger partial charge in [-0.15, -0.1) is 0 Å². The maximum Gasteiger partial charge on any atom is 0.344 e. The van der Waals surface area contributed by atoms with Crippen LogP contribution in [0.25, 0.3) is 44.2 Å². The van der Waals surface area contributed by atoms with Crippen LogP contribution in [0.1, 0.15) is 37.8 Å². The van der Waals surface area contributed by atoms with Gasteiger partial charge in [-0.25, -0.2) is 9.59 Å². The van der Waals surface area contributed by atoms with Crippen molar-refractivity contribution in [3.05, 3.63) is 142 Å². The summed E-state index contributed by atoms with van der Waals surface area (Å²) < 4.78 is 34.6. The van der Waals surface area contributed by atoms with E-state index in [4.69, 9.17) is 27.8 Å². The van der Waals surface area contributed by atoms with Crippen LogP contribution >= 0.6 is 0 Å². The first-order chi connectivity index (χ1) is 24.5. The molecule has 6 aromatic rings. The lowest BCUT2D eigenvalue weighted by Gasteiger charge is -2.18. The quantitative estimate of drug-likeness (QED) is 0.0435. The molecule has 4 aromatic carbocycles. The molecule has 0 atom stereocenters. The van der Waals surface area contributed by atoms with Crippen LogP contribution in [0.4, 0.5) is 0 Å². The van der Waals surface area contributed by atoms with Crippen molar-refractivity contribution >= 4 is 21.9 Å². The van der Waals surface area contributed by atoms with E-state index >= 15 is 0 Å². The number of aryl methyl sites for hydroxylation is 2. The van der Waals surface area contributed by atoms with E-state index in [0.29, 0.717) is 59.8 Å². The Labute approximate surface area is 290 Å². The van der Waals surface area contributed by atoms with Gasteiger partial charge >= 0.3 is 11.3 Å². The van der Waals surface area contributed by atoms with Gasteiger partial charge in [0.05, 0.1) is 36.7 Å². The predicted molar refractivity (Wildman–Crippen MR) is 196 cm³/mol. The number of hydrogen-bond donors (Lipinski definition) is 0. The van der Waals surface area contributed by atoms with Crippen molar-refractivity contribution in [1.82, 2.24) is 0 Å². The molecule has 0 bridgehead atoms. The van der Waals surface area contributed by atoms with Gasteiger partial charge in [-0.1, -0.05) is 69.0 Å². The van der Waals surface area contributed by atoms with Crippen molar-refractivity contribution in [3.8, 4) is 33.8 Å². The molecule has 0 aliphatic carbocycles. The van der Waals surface area contributed by atoms with Crippen LogP contribution in [0, 0.1) is 0 Å². The average molecular weight is 673 g/mol. The Hall–Kier alpha value is -5.60. The number of ether oxygens (including phenoxy) is 4. The summed E-state index contributed by atoms with van der Waals surface area (Å²) in [5, 5.41) is 1.63. The maximum atomic E-state index is 12.9. The van der Waals surface area contributed by atoms with Crippen molar-refractivity contribution in [2.75, 3.05) is 20.0 Å². The predicted octanol–water partition coefficient (Wildman–Crippen LogP) is 9.10. The molecule has 0 saturated carbocycles. The molecule has 0 spiro atoms. The minimum absolute atomic E-state index is 0.0451. The van der Waals surface area contributed by atoms with Crippen LogP contribution in [0.3, 0.4) is 0 Å². The Bertz CT molecular complexity index is 2060. The molecule has 8 nitrogen and oxygen atoms in total. The number of rotatable bonds is 16. The lowest BCUT2D eigenvalue weighted by molar-refractivity contribution is -0.0682. The summed E-state index contributed by atoms with van der Waals surface area (Å²) in [6.07, 6.45) is 3.81. The molecule has 0 unspecified atom stereocenters. The van der Waals surface area contributed by atoms with E-state index in [1.54, 1.807) is 12.1 Å². The molecule has 2 heterocycles. The fourth-order valence-corrected chi connectivity index (χ4v) is 6.03. The summed E-state index contributed by atoms with van der Waals surface area (Å²) in [5.74, 6) is 1.16. The van der Waals surface area contributed by atoms with E-state index < -0.39 is 0 Å². The lowest BCUT2D eigenvalue weighted by atomic mass is 9.98. The molecule has 256 valence electrons. The summed E-state index contributed by atoms with van der Waals surface area (Å²) in [4.78, 5) is 25.9. The van der Waals surface area contributed by atoms with Crippen LogP contribution in [0.2, 0.25) is 0 Å². The molecule has 0 fully saturated rings. The van der Waals surface area contributed by atoms with Gasteiger partial charge in [0.25, 0.3) is 0 Å². The number of benzene rings is 4. The topological polar surface area (TPSA) is 97.3 Å². The maximum absolute atomic E-state index is 12.9. The second-order valence-corrected chi connectivity index (χ2v) is 11.8. The summed E-state index contributed by atoms with van der Waals surface area (Å²) >= 11 is 0. The molecule has 0 amide bonds. The molecular formula is C42H40O8. The normalized spacial score (nSPS) is 11.3. The highest BCUT2D eigenvalue weighted by Crippen LogP contribution is 2.29. The molecule has 8 heteroatoms. The summed E-state index contributed by atoms with van der Waals surface area (Å²) in [6, 6.07) is 30.4. The van der Waals surface area contributed by atoms with Gasteiger partial charge in [0, 0.05) is 35.7 Å². The van der Waals surface area contributed by atoms with Gasteiger partial charge in [0.1, 0.15) is 22.7 Å². The van der Waals surface area contributed by atoms with Gasteiger partial charge in [-0.3, -0.25) is 0 Å². The van der Waals surface area contributed by atoms with Crippen molar-refractivity contribution in [3.63, 3.8) is 0 Å². The minimum atomic E-state index is -0.387. The zero-order valence-corrected chi connectivity index (χ0v) is 28.3. The van der Waals surface area contributed by atoms with Crippen LogP contribution in [0.15, 0.2) is 128 Å². The van der Waals surface area contributed by atoms with E-state index in [1.165, 1.54) is 6.26 Å². The molecule has 0 saturated heterocycles. The third-order valence-electron chi connectivity index (χ3n) is 8.70. The summed E-state index contributed by atoms with van der Waals surface area (Å²) in [7, 11) is 0. The van der Waals surface area contributed by atoms with Gasteiger partial charge in [-0.2, -0.15) is 0 Å². The largest absolute Gasteiger partial charge is 0.493 e. The lowest BCUT2D eigenvalue weighted by Crippen LogP contribution is -2.20. The molecule has 2 aromatic heterocycles. The van der Waals surface area contributed by atoms with Gasteiger partial charge in [-0.05, 0) is 71.5 Å². The smallest absolute Gasteiger partial charge is 0.344 e. The Kier molecular flexibility index (Phi) is 11.1. The fraction of sp³-hybridized carbons (Fsp3) is 0.238. The first-order valence-corrected chi connectivity index (χ1v) is 16.9. The Morgan fingerprint density at radius 3 is 1.58 bits per heavy atom. The van der Waals surface area contributed by atoms with Crippen LogP contribution in [0.5, 0.6) is 11.5 Å². The fourth-order valence-electron chi connectivity index (χ4n) is 6.03. The highest BCUT2D eigenvalue weighted by Gasteiger charge is 2.15. The Morgan fingerprint density at radius 1 is 0.640 bits per heavy atom. The molecular weight excluding hydrogens is 632 g/mol. The highest BCUT2D eigenvalue weighted by atomic mass is 16.7. The highest BCUT2D eigenvalue weighted by molar-refractivity contribution is 5.84. The standard InChI is InChI=1S/C42H40O8/c1-4-28-11-7-9-13-35(28)37-23-30-15-17-33(25-39(30)49-41(37)43)46-21-19-32(48-27-45-6-3)20-22-47-34-18-16-31-24-38(42(44)50-40(31)26-34)36-14-10-8-12-29(36)5-2/h6-18,23-26,32H,3-5,19-22,27H2,1-2H3. The van der Waals surface area contributed by atoms with E-state index in [9.17, 15) is 9.59 Å². The average Bonchev–Trinajstić information content (AvgIpc) is 3.14. The monoisotopic (exact) mass is 672 g/mol. The second-order valence-electron chi connectivity index (χ2n) is 11.8. The van der Waals surface area contributed by atoms with Gasteiger partial charge in [0.15, 0.2) is 6.79 Å². The van der Waals surface area contributed by atoms with Gasteiger partial charge in [0.2, 0.25) is 0 Å². The third-order valence-corrected chi connectivity index (χ3v) is 8.70. The summed E-state index contributed by atoms with van der Waals surface area (Å²) in [5.41, 5.74) is 5.18. The molecule has 0 aliphatic heterocycles. The van der Waals surface area contributed by atoms with E-state index in [1.807, 2.05) is 84.9 Å². The Balaban J connectivity index is 1.07. The molecule has 0 aliphatic rings. The van der Waals surface area contributed by atoms with Crippen LogP contribution in [-0.2, 0) is 22.3 Å². The van der Waals surface area contributed by atoms with Crippen molar-refractivity contribution in [2.45, 2.75) is 45.6 Å². The van der Waals surface area contributed by atoms with Crippen LogP contribution in [-0.4, -0.2) is 26.1 Å². The molecule has 50 heavy (non-hydrogen) atoms. The van der Waals surface area contributed by atoms with Crippen molar-refractivity contribution < 1.29 is 27.8 Å². The molecule has 0 radical (unpaired) electrons. The van der Waals surface area contributed by atoms with E-state index in [-0.39, 0.29) is 24.1 Å². The first-order valence-electron chi connectivity index (χ1n) is 16.9. The van der Waals surface area contributed by atoms with Gasteiger partial charge < -0.3 is 27.8 Å². The van der Waals surface area contributed by atoms with Crippen LogP contribution < -0.4 is 20.7 Å². The second kappa shape index (κ2) is 16.2.